The van der Waals surface area contributed by atoms with Crippen LogP contribution in [0.5, 0.6) is 0 Å². The lowest BCUT2D eigenvalue weighted by Crippen LogP contribution is -2.34. The highest BCUT2D eigenvalue weighted by molar-refractivity contribution is 5.94. The SMILES string of the molecule is CC1(NC(=O)c2ccnc(CN)c2)CC1. The highest BCUT2D eigenvalue weighted by Crippen LogP contribution is 2.34. The molecule has 1 heterocycles. The third-order valence-electron chi connectivity index (χ3n) is 2.70. The Kier molecular flexibility index (Phi) is 2.44. The predicted octanol–water partition coefficient (Wildman–Crippen LogP) is 0.823. The van der Waals surface area contributed by atoms with Crippen LogP contribution in [0.4, 0.5) is 0 Å². The number of hydrogen-bond donors (Lipinski definition) is 2. The van der Waals surface area contributed by atoms with E-state index in [9.17, 15) is 4.79 Å². The molecule has 0 aromatic carbocycles. The van der Waals surface area contributed by atoms with Crippen LogP contribution < -0.4 is 11.1 Å². The third-order valence-corrected chi connectivity index (χ3v) is 2.70. The summed E-state index contributed by atoms with van der Waals surface area (Å²) in [5, 5.41) is 2.99. The van der Waals surface area contributed by atoms with Crippen molar-refractivity contribution >= 4 is 5.91 Å². The molecule has 80 valence electrons. The maximum atomic E-state index is 11.8. The number of amides is 1. The van der Waals surface area contributed by atoms with Crippen molar-refractivity contribution in [3.8, 4) is 0 Å². The summed E-state index contributed by atoms with van der Waals surface area (Å²) in [6.07, 6.45) is 3.74. The molecule has 0 unspecified atom stereocenters. The molecule has 1 aromatic rings. The van der Waals surface area contributed by atoms with Crippen molar-refractivity contribution < 1.29 is 4.79 Å². The van der Waals surface area contributed by atoms with Crippen LogP contribution >= 0.6 is 0 Å². The summed E-state index contributed by atoms with van der Waals surface area (Å²) >= 11 is 0. The Balaban J connectivity index is 2.10. The Labute approximate surface area is 88.9 Å². The van der Waals surface area contributed by atoms with Gasteiger partial charge in [-0.3, -0.25) is 9.78 Å². The van der Waals surface area contributed by atoms with Gasteiger partial charge in [-0.05, 0) is 31.9 Å². The quantitative estimate of drug-likeness (QED) is 0.767. The molecule has 2 rings (SSSR count). The van der Waals surface area contributed by atoms with Crippen LogP contribution in [0.15, 0.2) is 18.3 Å². The number of aromatic nitrogens is 1. The zero-order valence-electron chi connectivity index (χ0n) is 8.79. The van der Waals surface area contributed by atoms with E-state index in [1.165, 1.54) is 0 Å². The van der Waals surface area contributed by atoms with Gasteiger partial charge >= 0.3 is 0 Å². The van der Waals surface area contributed by atoms with E-state index in [1.807, 2.05) is 0 Å². The molecule has 3 N–H and O–H groups in total. The maximum Gasteiger partial charge on any atom is 0.251 e. The molecule has 1 aliphatic rings. The second kappa shape index (κ2) is 3.62. The summed E-state index contributed by atoms with van der Waals surface area (Å²) in [5.74, 6) is -0.0351. The molecule has 0 saturated heterocycles. The largest absolute Gasteiger partial charge is 0.347 e. The van der Waals surface area contributed by atoms with Crippen molar-refractivity contribution in [2.24, 2.45) is 5.73 Å². The van der Waals surface area contributed by atoms with Crippen LogP contribution in [0.3, 0.4) is 0 Å². The summed E-state index contributed by atoms with van der Waals surface area (Å²) in [6, 6.07) is 3.45. The Morgan fingerprint density at radius 3 is 3.00 bits per heavy atom. The van der Waals surface area contributed by atoms with Gasteiger partial charge < -0.3 is 11.1 Å². The van der Waals surface area contributed by atoms with Crippen molar-refractivity contribution in [2.45, 2.75) is 31.8 Å². The molecular weight excluding hydrogens is 190 g/mol. The van der Waals surface area contributed by atoms with Crippen LogP contribution in [0.25, 0.3) is 0 Å². The first-order valence-electron chi connectivity index (χ1n) is 5.10. The molecule has 1 amide bonds. The fourth-order valence-electron chi connectivity index (χ4n) is 1.39. The fraction of sp³-hybridized carbons (Fsp3) is 0.455. The normalized spacial score (nSPS) is 17.2. The molecule has 1 aliphatic carbocycles. The number of rotatable bonds is 3. The second-order valence-corrected chi connectivity index (χ2v) is 4.25. The monoisotopic (exact) mass is 205 g/mol. The Morgan fingerprint density at radius 2 is 2.40 bits per heavy atom. The minimum Gasteiger partial charge on any atom is -0.347 e. The lowest BCUT2D eigenvalue weighted by molar-refractivity contribution is 0.0935. The Bertz CT molecular complexity index is 385. The van der Waals surface area contributed by atoms with E-state index in [0.717, 1.165) is 18.5 Å². The van der Waals surface area contributed by atoms with E-state index in [2.05, 4.69) is 17.2 Å². The molecule has 1 saturated carbocycles. The molecule has 4 nitrogen and oxygen atoms in total. The van der Waals surface area contributed by atoms with Crippen molar-refractivity contribution in [3.05, 3.63) is 29.6 Å². The molecule has 0 aliphatic heterocycles. The number of nitrogens with one attached hydrogen (secondary N) is 1. The molecule has 1 aromatic heterocycles. The number of pyridine rings is 1. The van der Waals surface area contributed by atoms with Gasteiger partial charge in [0, 0.05) is 23.8 Å². The van der Waals surface area contributed by atoms with Gasteiger partial charge in [0.1, 0.15) is 0 Å². The second-order valence-electron chi connectivity index (χ2n) is 4.25. The standard InChI is InChI=1S/C11H15N3O/c1-11(3-4-11)14-10(15)8-2-5-13-9(6-8)7-12/h2,5-6H,3-4,7,12H2,1H3,(H,14,15). The molecule has 0 radical (unpaired) electrons. The zero-order chi connectivity index (χ0) is 10.9. The molecule has 0 spiro atoms. The Hall–Kier alpha value is -1.42. The van der Waals surface area contributed by atoms with Crippen LogP contribution in [0.1, 0.15) is 35.8 Å². The summed E-state index contributed by atoms with van der Waals surface area (Å²) in [5.41, 5.74) is 6.86. The third kappa shape index (κ3) is 2.33. The van der Waals surface area contributed by atoms with Crippen LogP contribution in [-0.4, -0.2) is 16.4 Å². The topological polar surface area (TPSA) is 68.0 Å². The van der Waals surface area contributed by atoms with Gasteiger partial charge in [-0.25, -0.2) is 0 Å². The summed E-state index contributed by atoms with van der Waals surface area (Å²) in [4.78, 5) is 15.8. The number of carbonyl (C=O) groups excluding carboxylic acids is 1. The molecule has 1 fully saturated rings. The fourth-order valence-corrected chi connectivity index (χ4v) is 1.39. The van der Waals surface area contributed by atoms with Crippen LogP contribution in [0.2, 0.25) is 0 Å². The minimum absolute atomic E-state index is 0.0171. The lowest BCUT2D eigenvalue weighted by atomic mass is 10.2. The first-order chi connectivity index (χ1) is 7.13. The predicted molar refractivity (Wildman–Crippen MR) is 57.2 cm³/mol. The van der Waals surface area contributed by atoms with Gasteiger partial charge in [0.25, 0.3) is 5.91 Å². The average Bonchev–Trinajstić information content (AvgIpc) is 2.96. The van der Waals surface area contributed by atoms with Gasteiger partial charge in [0.15, 0.2) is 0 Å². The van der Waals surface area contributed by atoms with Gasteiger partial charge in [0.05, 0.1) is 5.69 Å². The first kappa shape index (κ1) is 10.1. The molecular formula is C11H15N3O. The van der Waals surface area contributed by atoms with Crippen LogP contribution in [0, 0.1) is 0 Å². The van der Waals surface area contributed by atoms with Crippen molar-refractivity contribution in [2.75, 3.05) is 0 Å². The molecule has 0 atom stereocenters. The van der Waals surface area contributed by atoms with Crippen molar-refractivity contribution in [1.29, 1.82) is 0 Å². The molecule has 4 heteroatoms. The molecule has 0 bridgehead atoms. The zero-order valence-corrected chi connectivity index (χ0v) is 8.79. The first-order valence-corrected chi connectivity index (χ1v) is 5.10. The summed E-state index contributed by atoms with van der Waals surface area (Å²) in [6.45, 7) is 2.41. The minimum atomic E-state index is -0.0351. The summed E-state index contributed by atoms with van der Waals surface area (Å²) < 4.78 is 0. The van der Waals surface area contributed by atoms with E-state index in [-0.39, 0.29) is 11.4 Å². The number of carbonyl (C=O) groups is 1. The highest BCUT2D eigenvalue weighted by Gasteiger charge is 2.38. The lowest BCUT2D eigenvalue weighted by Gasteiger charge is -2.11. The maximum absolute atomic E-state index is 11.8. The number of nitrogens with zero attached hydrogens (tertiary/aromatic N) is 1. The van der Waals surface area contributed by atoms with Crippen LogP contribution in [-0.2, 0) is 6.54 Å². The Morgan fingerprint density at radius 1 is 1.67 bits per heavy atom. The van der Waals surface area contributed by atoms with Crippen molar-refractivity contribution in [1.82, 2.24) is 10.3 Å². The van der Waals surface area contributed by atoms with Gasteiger partial charge in [-0.1, -0.05) is 0 Å². The van der Waals surface area contributed by atoms with E-state index < -0.39 is 0 Å². The van der Waals surface area contributed by atoms with E-state index in [1.54, 1.807) is 18.3 Å². The van der Waals surface area contributed by atoms with Crippen molar-refractivity contribution in [3.63, 3.8) is 0 Å². The highest BCUT2D eigenvalue weighted by atomic mass is 16.1. The number of hydrogen-bond acceptors (Lipinski definition) is 3. The number of nitrogens with two attached hydrogens (primary N) is 1. The average molecular weight is 205 g/mol. The van der Waals surface area contributed by atoms with E-state index in [4.69, 9.17) is 5.73 Å². The van der Waals surface area contributed by atoms with Gasteiger partial charge in [-0.15, -0.1) is 0 Å². The smallest absolute Gasteiger partial charge is 0.251 e. The van der Waals surface area contributed by atoms with Gasteiger partial charge in [-0.2, -0.15) is 0 Å². The van der Waals surface area contributed by atoms with Gasteiger partial charge in [0.2, 0.25) is 0 Å². The van der Waals surface area contributed by atoms with E-state index >= 15 is 0 Å². The molecule has 15 heavy (non-hydrogen) atoms. The summed E-state index contributed by atoms with van der Waals surface area (Å²) in [7, 11) is 0. The van der Waals surface area contributed by atoms with E-state index in [0.29, 0.717) is 12.1 Å².